The van der Waals surface area contributed by atoms with E-state index in [1.54, 1.807) is 0 Å². The minimum absolute atomic E-state index is 0.0720. The van der Waals surface area contributed by atoms with Crippen molar-refractivity contribution in [3.05, 3.63) is 60.2 Å². The van der Waals surface area contributed by atoms with Crippen LogP contribution in [0, 0.1) is 0 Å². The van der Waals surface area contributed by atoms with Crippen LogP contribution in [0.2, 0.25) is 0 Å². The molecule has 0 aliphatic carbocycles. The number of nitrogens with one attached hydrogen (secondary N) is 1. The van der Waals surface area contributed by atoms with Crippen LogP contribution in [0.1, 0.15) is 31.7 Å². The molecule has 0 unspecified atom stereocenters. The molecule has 6 nitrogen and oxygen atoms in total. The largest absolute Gasteiger partial charge is 0.378 e. The van der Waals surface area contributed by atoms with Gasteiger partial charge in [-0.2, -0.15) is 0 Å². The fourth-order valence-electron chi connectivity index (χ4n) is 4.95. The van der Waals surface area contributed by atoms with Gasteiger partial charge in [0.25, 0.3) is 0 Å². The van der Waals surface area contributed by atoms with Crippen LogP contribution in [0.3, 0.4) is 0 Å². The molecule has 2 heterocycles. The maximum Gasteiger partial charge on any atom is 0.238 e. The molecule has 2 aromatic carbocycles. The first-order valence-corrected chi connectivity index (χ1v) is 12.4. The summed E-state index contributed by atoms with van der Waals surface area (Å²) in [4.78, 5) is 20.1. The highest BCUT2D eigenvalue weighted by atomic mass is 16.5. The van der Waals surface area contributed by atoms with Crippen molar-refractivity contribution in [2.24, 2.45) is 0 Å². The van der Waals surface area contributed by atoms with Crippen LogP contribution in [0.5, 0.6) is 0 Å². The molecule has 4 rings (SSSR count). The molecule has 2 fully saturated rings. The number of morpholine rings is 1. The van der Waals surface area contributed by atoms with Gasteiger partial charge in [-0.1, -0.05) is 37.3 Å². The lowest BCUT2D eigenvalue weighted by molar-refractivity contribution is -0.118. The van der Waals surface area contributed by atoms with E-state index in [2.05, 4.69) is 69.4 Å². The Kier molecular flexibility index (Phi) is 8.75. The minimum Gasteiger partial charge on any atom is -0.378 e. The summed E-state index contributed by atoms with van der Waals surface area (Å²) in [5.41, 5.74) is 3.41. The number of amides is 1. The van der Waals surface area contributed by atoms with E-state index in [4.69, 9.17) is 4.74 Å². The maximum atomic E-state index is 12.9. The molecule has 1 N–H and O–H groups in total. The van der Waals surface area contributed by atoms with Crippen molar-refractivity contribution in [1.29, 1.82) is 0 Å². The number of rotatable bonds is 9. The Balaban J connectivity index is 1.30. The predicted octanol–water partition coefficient (Wildman–Crippen LogP) is 3.84. The molecule has 0 radical (unpaired) electrons. The summed E-state index contributed by atoms with van der Waals surface area (Å²) in [6.07, 6.45) is 3.39. The number of ether oxygens (including phenoxy) is 1. The van der Waals surface area contributed by atoms with Crippen molar-refractivity contribution in [3.8, 4) is 0 Å². The van der Waals surface area contributed by atoms with Gasteiger partial charge in [-0.25, -0.2) is 0 Å². The van der Waals surface area contributed by atoms with Crippen LogP contribution in [-0.4, -0.2) is 74.2 Å². The molecular weight excluding hydrogens is 412 g/mol. The van der Waals surface area contributed by atoms with Gasteiger partial charge in [-0.3, -0.25) is 14.6 Å². The summed E-state index contributed by atoms with van der Waals surface area (Å²) >= 11 is 0. The number of anilines is 2. The molecule has 2 aliphatic rings. The van der Waals surface area contributed by atoms with Crippen LogP contribution in [0.25, 0.3) is 0 Å². The van der Waals surface area contributed by atoms with E-state index >= 15 is 0 Å². The van der Waals surface area contributed by atoms with Crippen LogP contribution >= 0.6 is 0 Å². The lowest BCUT2D eigenvalue weighted by Crippen LogP contribution is -2.50. The second-order valence-corrected chi connectivity index (χ2v) is 9.18. The summed E-state index contributed by atoms with van der Waals surface area (Å²) in [5.74, 6) is 0.0720. The van der Waals surface area contributed by atoms with Gasteiger partial charge in [0.2, 0.25) is 5.91 Å². The van der Waals surface area contributed by atoms with Crippen molar-refractivity contribution >= 4 is 17.3 Å². The summed E-state index contributed by atoms with van der Waals surface area (Å²) in [5, 5.41) is 3.11. The summed E-state index contributed by atoms with van der Waals surface area (Å²) in [6, 6.07) is 19.3. The van der Waals surface area contributed by atoms with E-state index in [-0.39, 0.29) is 5.91 Å². The van der Waals surface area contributed by atoms with E-state index < -0.39 is 0 Å². The van der Waals surface area contributed by atoms with Crippen molar-refractivity contribution in [3.63, 3.8) is 0 Å². The Hall–Kier alpha value is -2.41. The summed E-state index contributed by atoms with van der Waals surface area (Å²) < 4.78 is 5.43. The lowest BCUT2D eigenvalue weighted by atomic mass is 10.0. The number of piperidine rings is 1. The van der Waals surface area contributed by atoms with Crippen LogP contribution in [0.15, 0.2) is 54.6 Å². The molecule has 0 bridgehead atoms. The van der Waals surface area contributed by atoms with Gasteiger partial charge >= 0.3 is 0 Å². The van der Waals surface area contributed by atoms with Crippen molar-refractivity contribution in [2.75, 3.05) is 62.7 Å². The number of nitrogens with zero attached hydrogens (tertiary/aromatic N) is 3. The first-order chi connectivity index (χ1) is 16.2. The van der Waals surface area contributed by atoms with Gasteiger partial charge in [0, 0.05) is 43.6 Å². The lowest BCUT2D eigenvalue weighted by Gasteiger charge is -2.39. The molecule has 2 aliphatic heterocycles. The van der Waals surface area contributed by atoms with E-state index in [0.717, 1.165) is 71.0 Å². The predicted molar refractivity (Wildman–Crippen MR) is 135 cm³/mol. The van der Waals surface area contributed by atoms with Crippen molar-refractivity contribution in [2.45, 2.75) is 38.8 Å². The molecule has 0 spiro atoms. The zero-order chi connectivity index (χ0) is 22.9. The summed E-state index contributed by atoms with van der Waals surface area (Å²) in [7, 11) is 0. The standard InChI is InChI=1S/C27H38N4O2/c1-2-14-31(26-9-6-15-29(21-26)20-23-7-4-3-5-8-23)22-27(32)28-24-10-12-25(13-11-24)30-16-18-33-19-17-30/h3-5,7-8,10-13,26H,2,6,9,14-22H2,1H3,(H,28,32)/t26-/m1/s1. The number of likely N-dealkylation sites (tertiary alicyclic amines) is 1. The Morgan fingerprint density at radius 2 is 1.82 bits per heavy atom. The monoisotopic (exact) mass is 450 g/mol. The highest BCUT2D eigenvalue weighted by Gasteiger charge is 2.26. The Bertz CT molecular complexity index is 852. The Labute approximate surface area is 198 Å². The van der Waals surface area contributed by atoms with Gasteiger partial charge in [0.1, 0.15) is 0 Å². The van der Waals surface area contributed by atoms with E-state index in [1.165, 1.54) is 17.7 Å². The second-order valence-electron chi connectivity index (χ2n) is 9.18. The molecule has 2 aromatic rings. The van der Waals surface area contributed by atoms with Gasteiger partial charge in [-0.05, 0) is 62.2 Å². The first kappa shape index (κ1) is 23.7. The van der Waals surface area contributed by atoms with E-state index in [1.807, 2.05) is 12.1 Å². The Morgan fingerprint density at radius 1 is 1.06 bits per heavy atom. The Morgan fingerprint density at radius 3 is 2.55 bits per heavy atom. The van der Waals surface area contributed by atoms with Gasteiger partial charge < -0.3 is 15.0 Å². The maximum absolute atomic E-state index is 12.9. The van der Waals surface area contributed by atoms with Crippen LogP contribution < -0.4 is 10.2 Å². The van der Waals surface area contributed by atoms with Crippen LogP contribution in [0.4, 0.5) is 11.4 Å². The molecule has 178 valence electrons. The minimum atomic E-state index is 0.0720. The fourth-order valence-corrected chi connectivity index (χ4v) is 4.95. The third-order valence-corrected chi connectivity index (χ3v) is 6.63. The number of carbonyl (C=O) groups excluding carboxylic acids is 1. The highest BCUT2D eigenvalue weighted by Crippen LogP contribution is 2.21. The summed E-state index contributed by atoms with van der Waals surface area (Å²) in [6.45, 7) is 10.1. The van der Waals surface area contributed by atoms with Gasteiger partial charge in [0.05, 0.1) is 19.8 Å². The highest BCUT2D eigenvalue weighted by molar-refractivity contribution is 5.92. The smallest absolute Gasteiger partial charge is 0.238 e. The third-order valence-electron chi connectivity index (χ3n) is 6.63. The topological polar surface area (TPSA) is 48.1 Å². The fraction of sp³-hybridized carbons (Fsp3) is 0.519. The number of carbonyl (C=O) groups is 1. The van der Waals surface area contributed by atoms with E-state index in [9.17, 15) is 4.79 Å². The quantitative estimate of drug-likeness (QED) is 0.629. The molecule has 0 saturated carbocycles. The number of hydrogen-bond donors (Lipinski definition) is 1. The normalized spacial score (nSPS) is 19.6. The van der Waals surface area contributed by atoms with Crippen molar-refractivity contribution in [1.82, 2.24) is 9.80 Å². The third kappa shape index (κ3) is 7.03. The van der Waals surface area contributed by atoms with Gasteiger partial charge in [0.15, 0.2) is 0 Å². The molecule has 0 aromatic heterocycles. The van der Waals surface area contributed by atoms with Crippen molar-refractivity contribution < 1.29 is 9.53 Å². The SMILES string of the molecule is CCCN(CC(=O)Nc1ccc(N2CCOCC2)cc1)[C@@H]1CCCN(Cc2ccccc2)C1. The second kappa shape index (κ2) is 12.2. The zero-order valence-corrected chi connectivity index (χ0v) is 19.9. The molecule has 6 heteroatoms. The number of benzene rings is 2. The molecule has 2 saturated heterocycles. The molecule has 33 heavy (non-hydrogen) atoms. The zero-order valence-electron chi connectivity index (χ0n) is 19.9. The molecule has 1 amide bonds. The average Bonchev–Trinajstić information content (AvgIpc) is 2.86. The molecule has 1 atom stereocenters. The van der Waals surface area contributed by atoms with Gasteiger partial charge in [-0.15, -0.1) is 0 Å². The first-order valence-electron chi connectivity index (χ1n) is 12.4. The average molecular weight is 451 g/mol. The number of hydrogen-bond acceptors (Lipinski definition) is 5. The van der Waals surface area contributed by atoms with E-state index in [0.29, 0.717) is 12.6 Å². The van der Waals surface area contributed by atoms with Crippen LogP contribution in [-0.2, 0) is 16.1 Å². The molecular formula is C27H38N4O2.